The summed E-state index contributed by atoms with van der Waals surface area (Å²) in [6.07, 6.45) is 10.8. The minimum Gasteiger partial charge on any atom is -0.462 e. The number of esters is 2. The van der Waals surface area contributed by atoms with Crippen LogP contribution in [0.25, 0.3) is 0 Å². The molecule has 0 aromatic rings. The molecule has 2 rings (SSSR count). The molecule has 2 fully saturated rings. The highest BCUT2D eigenvalue weighted by molar-refractivity contribution is 5.69. The normalized spacial score (nSPS) is 25.5. The minimum absolute atomic E-state index is 0.0541. The van der Waals surface area contributed by atoms with Gasteiger partial charge in [0, 0.05) is 36.8 Å². The van der Waals surface area contributed by atoms with Gasteiger partial charge in [-0.3, -0.25) is 9.59 Å². The van der Waals surface area contributed by atoms with Crippen LogP contribution >= 0.6 is 0 Å². The van der Waals surface area contributed by atoms with Gasteiger partial charge in [0.1, 0.15) is 12.2 Å². The van der Waals surface area contributed by atoms with E-state index in [1.54, 1.807) is 0 Å². The maximum Gasteiger partial charge on any atom is 0.306 e. The fraction of sp³-hybridized carbons (Fsp3) is 0.917. The second kappa shape index (κ2) is 12.0. The van der Waals surface area contributed by atoms with Gasteiger partial charge in [-0.25, -0.2) is 0 Å². The van der Waals surface area contributed by atoms with Crippen LogP contribution in [0.1, 0.15) is 105 Å². The SMILES string of the molecule is CC1(C)CC(OC(=O)CCCCCCCCC(=O)OC2CCNC(C)(C)C2)CCN1. The number of hydrogen-bond donors (Lipinski definition) is 2. The van der Waals surface area contributed by atoms with Gasteiger partial charge in [-0.15, -0.1) is 0 Å². The number of ether oxygens (including phenoxy) is 2. The van der Waals surface area contributed by atoms with Crippen molar-refractivity contribution in [3.8, 4) is 0 Å². The predicted molar refractivity (Wildman–Crippen MR) is 119 cm³/mol. The summed E-state index contributed by atoms with van der Waals surface area (Å²) in [6, 6.07) is 0. The van der Waals surface area contributed by atoms with Crippen molar-refractivity contribution in [3.63, 3.8) is 0 Å². The predicted octanol–water partition coefficient (Wildman–Crippen LogP) is 4.25. The van der Waals surface area contributed by atoms with Crippen molar-refractivity contribution in [2.75, 3.05) is 13.1 Å². The standard InChI is InChI=1S/C24H44N2O4/c1-23(2)17-19(13-15-25-23)29-21(27)11-9-7-5-6-8-10-12-22(28)30-20-14-16-26-24(3,4)18-20/h19-20,25-26H,5-18H2,1-4H3. The van der Waals surface area contributed by atoms with Crippen molar-refractivity contribution >= 4 is 11.9 Å². The Morgan fingerprint density at radius 1 is 0.700 bits per heavy atom. The monoisotopic (exact) mass is 424 g/mol. The van der Waals surface area contributed by atoms with Crippen LogP contribution in [-0.4, -0.2) is 48.3 Å². The van der Waals surface area contributed by atoms with E-state index in [0.29, 0.717) is 12.8 Å². The maximum atomic E-state index is 12.0. The smallest absolute Gasteiger partial charge is 0.306 e. The van der Waals surface area contributed by atoms with Crippen molar-refractivity contribution in [1.82, 2.24) is 10.6 Å². The van der Waals surface area contributed by atoms with Gasteiger partial charge in [-0.05, 0) is 66.5 Å². The van der Waals surface area contributed by atoms with Crippen molar-refractivity contribution in [3.05, 3.63) is 0 Å². The molecule has 0 aliphatic carbocycles. The molecule has 0 aromatic heterocycles. The Balaban J connectivity index is 1.42. The van der Waals surface area contributed by atoms with E-state index >= 15 is 0 Å². The summed E-state index contributed by atoms with van der Waals surface area (Å²) in [6.45, 7) is 10.4. The van der Waals surface area contributed by atoms with E-state index < -0.39 is 0 Å². The molecule has 2 saturated heterocycles. The molecule has 174 valence electrons. The van der Waals surface area contributed by atoms with Gasteiger partial charge in [-0.2, -0.15) is 0 Å². The summed E-state index contributed by atoms with van der Waals surface area (Å²) < 4.78 is 11.3. The third-order valence-corrected chi connectivity index (χ3v) is 6.22. The lowest BCUT2D eigenvalue weighted by Crippen LogP contribution is -2.49. The largest absolute Gasteiger partial charge is 0.462 e. The molecule has 6 heteroatoms. The Bertz CT molecular complexity index is 499. The van der Waals surface area contributed by atoms with Crippen LogP contribution in [0.2, 0.25) is 0 Å². The van der Waals surface area contributed by atoms with Crippen LogP contribution in [0.4, 0.5) is 0 Å². The van der Waals surface area contributed by atoms with E-state index in [4.69, 9.17) is 9.47 Å². The molecule has 2 aliphatic rings. The summed E-state index contributed by atoms with van der Waals surface area (Å²) in [5, 5.41) is 6.89. The van der Waals surface area contributed by atoms with E-state index in [9.17, 15) is 9.59 Å². The average molecular weight is 425 g/mol. The Labute approximate surface area is 183 Å². The van der Waals surface area contributed by atoms with Crippen LogP contribution in [0.15, 0.2) is 0 Å². The zero-order valence-corrected chi connectivity index (χ0v) is 19.7. The van der Waals surface area contributed by atoms with Crippen LogP contribution < -0.4 is 10.6 Å². The first-order chi connectivity index (χ1) is 14.2. The summed E-state index contributed by atoms with van der Waals surface area (Å²) in [5.74, 6) is -0.108. The minimum atomic E-state index is -0.0541. The Kier molecular flexibility index (Phi) is 10.1. The zero-order chi connectivity index (χ0) is 22.0. The highest BCUT2D eigenvalue weighted by Crippen LogP contribution is 2.22. The molecule has 2 atom stereocenters. The summed E-state index contributed by atoms with van der Waals surface area (Å²) in [5.41, 5.74) is 0.111. The van der Waals surface area contributed by atoms with Crippen molar-refractivity contribution in [1.29, 1.82) is 0 Å². The highest BCUT2D eigenvalue weighted by atomic mass is 16.5. The molecule has 2 unspecified atom stereocenters. The summed E-state index contributed by atoms with van der Waals surface area (Å²) in [4.78, 5) is 24.1. The molecule has 30 heavy (non-hydrogen) atoms. The quantitative estimate of drug-likeness (QED) is 0.381. The van der Waals surface area contributed by atoms with Crippen molar-refractivity contribution in [2.45, 2.75) is 128 Å². The second-order valence-corrected chi connectivity index (χ2v) is 10.5. The molecule has 0 amide bonds. The second-order valence-electron chi connectivity index (χ2n) is 10.5. The number of nitrogens with one attached hydrogen (secondary N) is 2. The van der Waals surface area contributed by atoms with Crippen LogP contribution in [-0.2, 0) is 19.1 Å². The lowest BCUT2D eigenvalue weighted by atomic mass is 9.91. The van der Waals surface area contributed by atoms with Gasteiger partial charge in [-0.1, -0.05) is 25.7 Å². The lowest BCUT2D eigenvalue weighted by Gasteiger charge is -2.36. The molecule has 2 N–H and O–H groups in total. The molecular weight excluding hydrogens is 380 g/mol. The molecule has 6 nitrogen and oxygen atoms in total. The van der Waals surface area contributed by atoms with Gasteiger partial charge in [0.15, 0.2) is 0 Å². The van der Waals surface area contributed by atoms with E-state index in [0.717, 1.165) is 77.3 Å². The summed E-state index contributed by atoms with van der Waals surface area (Å²) in [7, 11) is 0. The van der Waals surface area contributed by atoms with Gasteiger partial charge in [0.25, 0.3) is 0 Å². The zero-order valence-electron chi connectivity index (χ0n) is 19.7. The number of carbonyl (C=O) groups excluding carboxylic acids is 2. The average Bonchev–Trinajstić information content (AvgIpc) is 2.62. The van der Waals surface area contributed by atoms with E-state index in [2.05, 4.69) is 38.3 Å². The van der Waals surface area contributed by atoms with Gasteiger partial charge >= 0.3 is 11.9 Å². The van der Waals surface area contributed by atoms with E-state index in [1.165, 1.54) is 0 Å². The molecule has 0 bridgehead atoms. The van der Waals surface area contributed by atoms with Gasteiger partial charge in [0.2, 0.25) is 0 Å². The maximum absolute atomic E-state index is 12.0. The third kappa shape index (κ3) is 10.3. The lowest BCUT2D eigenvalue weighted by molar-refractivity contribution is -0.152. The molecular formula is C24H44N2O4. The fourth-order valence-corrected chi connectivity index (χ4v) is 4.57. The third-order valence-electron chi connectivity index (χ3n) is 6.22. The summed E-state index contributed by atoms with van der Waals surface area (Å²) >= 11 is 0. The van der Waals surface area contributed by atoms with Crippen molar-refractivity contribution in [2.24, 2.45) is 0 Å². The number of piperidine rings is 2. The van der Waals surface area contributed by atoms with Crippen LogP contribution in [0.3, 0.4) is 0 Å². The molecule has 2 heterocycles. The number of rotatable bonds is 11. The molecule has 0 spiro atoms. The highest BCUT2D eigenvalue weighted by Gasteiger charge is 2.30. The molecule has 2 aliphatic heterocycles. The van der Waals surface area contributed by atoms with Gasteiger partial charge < -0.3 is 20.1 Å². The first kappa shape index (κ1) is 25.1. The number of carbonyl (C=O) groups is 2. The fourth-order valence-electron chi connectivity index (χ4n) is 4.57. The Morgan fingerprint density at radius 2 is 1.07 bits per heavy atom. The molecule has 0 saturated carbocycles. The molecule has 0 aromatic carbocycles. The Morgan fingerprint density at radius 3 is 1.43 bits per heavy atom. The van der Waals surface area contributed by atoms with Gasteiger partial charge in [0.05, 0.1) is 0 Å². The first-order valence-corrected chi connectivity index (χ1v) is 12.0. The topological polar surface area (TPSA) is 76.7 Å². The van der Waals surface area contributed by atoms with Crippen LogP contribution in [0, 0.1) is 0 Å². The molecule has 0 radical (unpaired) electrons. The Hall–Kier alpha value is -1.14. The number of unbranched alkanes of at least 4 members (excludes halogenated alkanes) is 5. The first-order valence-electron chi connectivity index (χ1n) is 12.0. The van der Waals surface area contributed by atoms with E-state index in [-0.39, 0.29) is 35.2 Å². The number of hydrogen-bond acceptors (Lipinski definition) is 6. The van der Waals surface area contributed by atoms with Crippen molar-refractivity contribution < 1.29 is 19.1 Å². The van der Waals surface area contributed by atoms with E-state index in [1.807, 2.05) is 0 Å². The van der Waals surface area contributed by atoms with Crippen LogP contribution in [0.5, 0.6) is 0 Å².